The first-order chi connectivity index (χ1) is 30.5. The Bertz CT molecular complexity index is 1050. The van der Waals surface area contributed by atoms with Crippen molar-refractivity contribution in [3.8, 4) is 0 Å². The van der Waals surface area contributed by atoms with E-state index in [0.717, 1.165) is 83.5 Å². The molecule has 6 nitrogen and oxygen atoms in total. The Morgan fingerprint density at radius 3 is 0.935 bits per heavy atom. The van der Waals surface area contributed by atoms with Gasteiger partial charge in [0.25, 0.3) is 0 Å². The average molecular weight is 871 g/mol. The van der Waals surface area contributed by atoms with Gasteiger partial charge in [-0.1, -0.05) is 224 Å². The van der Waals surface area contributed by atoms with Crippen LogP contribution in [0.25, 0.3) is 0 Å². The Labute approximate surface area is 385 Å². The molecule has 1 atom stereocenters. The summed E-state index contributed by atoms with van der Waals surface area (Å²) in [7, 11) is 0. The summed E-state index contributed by atoms with van der Waals surface area (Å²) in [4.78, 5) is 38.0. The van der Waals surface area contributed by atoms with Crippen molar-refractivity contribution in [2.24, 2.45) is 0 Å². The van der Waals surface area contributed by atoms with Crippen LogP contribution in [0, 0.1) is 0 Å². The second-order valence-corrected chi connectivity index (χ2v) is 18.1. The summed E-state index contributed by atoms with van der Waals surface area (Å²) in [5.74, 6) is -0.883. The molecule has 0 spiro atoms. The van der Waals surface area contributed by atoms with Crippen LogP contribution in [0.4, 0.5) is 0 Å². The molecule has 0 saturated carbocycles. The number of allylic oxidation sites excluding steroid dienone is 6. The van der Waals surface area contributed by atoms with E-state index in [1.54, 1.807) is 0 Å². The molecule has 0 aromatic carbocycles. The maximum Gasteiger partial charge on any atom is 0.306 e. The highest BCUT2D eigenvalue weighted by atomic mass is 16.6. The molecule has 0 aromatic rings. The lowest BCUT2D eigenvalue weighted by atomic mass is 10.0. The molecule has 0 aliphatic heterocycles. The van der Waals surface area contributed by atoms with Crippen LogP contribution in [0.3, 0.4) is 0 Å². The van der Waals surface area contributed by atoms with Crippen molar-refractivity contribution in [1.29, 1.82) is 0 Å². The summed E-state index contributed by atoms with van der Waals surface area (Å²) in [6, 6.07) is 0. The molecule has 0 amide bonds. The Kier molecular flexibility index (Phi) is 49.3. The van der Waals surface area contributed by atoms with Crippen LogP contribution in [0.5, 0.6) is 0 Å². The summed E-state index contributed by atoms with van der Waals surface area (Å²) in [5, 5.41) is 0. The molecule has 0 aliphatic rings. The van der Waals surface area contributed by atoms with Crippen molar-refractivity contribution >= 4 is 17.9 Å². The Morgan fingerprint density at radius 1 is 0.323 bits per heavy atom. The Balaban J connectivity index is 4.36. The fraction of sp³-hybridized carbons (Fsp3) is 0.839. The molecule has 0 heterocycles. The van der Waals surface area contributed by atoms with Crippen LogP contribution in [-0.2, 0) is 28.6 Å². The maximum atomic E-state index is 12.8. The van der Waals surface area contributed by atoms with Crippen LogP contribution < -0.4 is 0 Å². The second-order valence-electron chi connectivity index (χ2n) is 18.1. The fourth-order valence-corrected chi connectivity index (χ4v) is 7.76. The summed E-state index contributed by atoms with van der Waals surface area (Å²) in [6.07, 6.45) is 59.8. The quantitative estimate of drug-likeness (QED) is 0.0262. The molecular formula is C56H102O6. The molecule has 362 valence electrons. The predicted octanol–water partition coefficient (Wildman–Crippen LogP) is 17.7. The number of hydrogen-bond acceptors (Lipinski definition) is 6. The van der Waals surface area contributed by atoms with E-state index >= 15 is 0 Å². The van der Waals surface area contributed by atoms with E-state index in [1.807, 2.05) is 0 Å². The van der Waals surface area contributed by atoms with Gasteiger partial charge in [-0.25, -0.2) is 0 Å². The average Bonchev–Trinajstić information content (AvgIpc) is 3.27. The van der Waals surface area contributed by atoms with E-state index in [2.05, 4.69) is 57.2 Å². The van der Waals surface area contributed by atoms with Crippen molar-refractivity contribution in [1.82, 2.24) is 0 Å². The van der Waals surface area contributed by atoms with Gasteiger partial charge in [0.2, 0.25) is 0 Å². The van der Waals surface area contributed by atoms with Crippen molar-refractivity contribution < 1.29 is 28.6 Å². The lowest BCUT2D eigenvalue weighted by Gasteiger charge is -2.18. The van der Waals surface area contributed by atoms with Gasteiger partial charge < -0.3 is 14.2 Å². The smallest absolute Gasteiger partial charge is 0.306 e. The van der Waals surface area contributed by atoms with Crippen LogP contribution in [0.1, 0.15) is 284 Å². The summed E-state index contributed by atoms with van der Waals surface area (Å²) >= 11 is 0. The van der Waals surface area contributed by atoms with E-state index < -0.39 is 6.10 Å². The highest BCUT2D eigenvalue weighted by Crippen LogP contribution is 2.15. The van der Waals surface area contributed by atoms with Crippen LogP contribution in [-0.4, -0.2) is 37.2 Å². The zero-order chi connectivity index (χ0) is 45.1. The minimum atomic E-state index is -0.777. The number of unbranched alkanes of at least 4 members (excludes halogenated alkanes) is 32. The molecule has 0 aromatic heterocycles. The van der Waals surface area contributed by atoms with E-state index in [0.29, 0.717) is 19.3 Å². The number of rotatable bonds is 49. The normalized spacial score (nSPS) is 12.2. The highest BCUT2D eigenvalue weighted by Gasteiger charge is 2.19. The molecule has 0 radical (unpaired) electrons. The van der Waals surface area contributed by atoms with E-state index in [4.69, 9.17) is 14.2 Å². The monoisotopic (exact) mass is 871 g/mol. The first-order valence-corrected chi connectivity index (χ1v) is 27.0. The third-order valence-electron chi connectivity index (χ3n) is 11.9. The summed E-state index contributed by atoms with van der Waals surface area (Å²) < 4.78 is 16.8. The van der Waals surface area contributed by atoms with Crippen LogP contribution in [0.15, 0.2) is 36.5 Å². The van der Waals surface area contributed by atoms with E-state index in [9.17, 15) is 14.4 Å². The van der Waals surface area contributed by atoms with Gasteiger partial charge in [0.05, 0.1) is 0 Å². The zero-order valence-corrected chi connectivity index (χ0v) is 41.4. The molecule has 0 fully saturated rings. The minimum absolute atomic E-state index is 0.0762. The zero-order valence-electron chi connectivity index (χ0n) is 41.4. The topological polar surface area (TPSA) is 78.9 Å². The molecule has 0 N–H and O–H groups in total. The lowest BCUT2D eigenvalue weighted by Crippen LogP contribution is -2.30. The molecule has 0 saturated heterocycles. The van der Waals surface area contributed by atoms with Crippen molar-refractivity contribution in [3.05, 3.63) is 36.5 Å². The number of ether oxygens (including phenoxy) is 3. The summed E-state index contributed by atoms with van der Waals surface area (Å²) in [6.45, 7) is 6.61. The van der Waals surface area contributed by atoms with Gasteiger partial charge in [-0.3, -0.25) is 14.4 Å². The first kappa shape index (κ1) is 59.6. The lowest BCUT2D eigenvalue weighted by molar-refractivity contribution is -0.167. The van der Waals surface area contributed by atoms with E-state index in [1.165, 1.54) is 161 Å². The molecule has 0 rings (SSSR count). The summed E-state index contributed by atoms with van der Waals surface area (Å²) in [5.41, 5.74) is 0. The van der Waals surface area contributed by atoms with Crippen molar-refractivity contribution in [2.45, 2.75) is 290 Å². The van der Waals surface area contributed by atoms with Gasteiger partial charge in [0.15, 0.2) is 6.10 Å². The third kappa shape index (κ3) is 48.7. The van der Waals surface area contributed by atoms with Gasteiger partial charge in [-0.2, -0.15) is 0 Å². The largest absolute Gasteiger partial charge is 0.462 e. The first-order valence-electron chi connectivity index (χ1n) is 27.0. The third-order valence-corrected chi connectivity index (χ3v) is 11.9. The van der Waals surface area contributed by atoms with Crippen molar-refractivity contribution in [3.63, 3.8) is 0 Å². The standard InChI is InChI=1S/C56H102O6/c1-4-7-10-13-16-19-22-25-27-28-30-31-34-37-40-43-46-49-55(58)61-52-53(51-60-54(57)48-45-42-39-36-33-24-21-18-15-12-9-6-3)62-56(59)50-47-44-41-38-35-32-29-26-23-20-17-14-11-8-5-2/h17,20,25-27,29,53H,4-16,18-19,21-24,28,30-52H2,1-3H3/b20-17-,27-25-,29-26-/t53-/m1/s1. The van der Waals surface area contributed by atoms with Crippen molar-refractivity contribution in [2.75, 3.05) is 13.2 Å². The van der Waals surface area contributed by atoms with Gasteiger partial charge in [-0.05, 0) is 77.0 Å². The second kappa shape index (κ2) is 51.3. The fourth-order valence-electron chi connectivity index (χ4n) is 7.76. The van der Waals surface area contributed by atoms with Crippen LogP contribution in [0.2, 0.25) is 0 Å². The Morgan fingerprint density at radius 2 is 0.581 bits per heavy atom. The SMILES string of the molecule is CCCCC/C=C\C/C=C\CCCCCCCC(=O)O[C@@H](COC(=O)CCCCCCCCC/C=C\CCCCCCCC)COC(=O)CCCCCCCCCCCCCC. The molecule has 62 heavy (non-hydrogen) atoms. The van der Waals surface area contributed by atoms with Gasteiger partial charge in [0, 0.05) is 19.3 Å². The number of carbonyl (C=O) groups is 3. The van der Waals surface area contributed by atoms with Crippen LogP contribution >= 0.6 is 0 Å². The number of hydrogen-bond donors (Lipinski definition) is 0. The predicted molar refractivity (Wildman–Crippen MR) is 266 cm³/mol. The maximum absolute atomic E-state index is 12.8. The van der Waals surface area contributed by atoms with Gasteiger partial charge in [0.1, 0.15) is 13.2 Å². The minimum Gasteiger partial charge on any atom is -0.462 e. The molecule has 0 unspecified atom stereocenters. The molecule has 6 heteroatoms. The molecule has 0 aliphatic carbocycles. The number of esters is 3. The Hall–Kier alpha value is -2.37. The number of carbonyl (C=O) groups excluding carboxylic acids is 3. The van der Waals surface area contributed by atoms with Gasteiger partial charge >= 0.3 is 17.9 Å². The van der Waals surface area contributed by atoms with Gasteiger partial charge in [-0.15, -0.1) is 0 Å². The van der Waals surface area contributed by atoms with E-state index in [-0.39, 0.29) is 31.1 Å². The molecule has 0 bridgehead atoms. The molecular weight excluding hydrogens is 769 g/mol. The highest BCUT2D eigenvalue weighted by molar-refractivity contribution is 5.71.